The highest BCUT2D eigenvalue weighted by molar-refractivity contribution is 8.00. The summed E-state index contributed by atoms with van der Waals surface area (Å²) in [6.07, 6.45) is 0. The second kappa shape index (κ2) is 7.61. The Morgan fingerprint density at radius 1 is 1.24 bits per heavy atom. The number of fused-ring (bicyclic) bond motifs is 3. The van der Waals surface area contributed by atoms with E-state index >= 15 is 0 Å². The average molecular weight is 376 g/mol. The topological polar surface area (TPSA) is 83.6 Å². The molecule has 0 unspecified atom stereocenters. The molecule has 0 radical (unpaired) electrons. The van der Waals surface area contributed by atoms with Gasteiger partial charge in [-0.1, -0.05) is 50.7 Å². The maximum atomic E-state index is 11.9. The van der Waals surface area contributed by atoms with E-state index in [1.54, 1.807) is 0 Å². The van der Waals surface area contributed by atoms with Crippen LogP contribution in [0.3, 0.4) is 0 Å². The fourth-order valence-corrected chi connectivity index (χ4v) is 3.73. The number of nitrogens with zero attached hydrogens (tertiary/aromatic N) is 3. The first kappa shape index (κ1) is 18.0. The van der Waals surface area contributed by atoms with Crippen LogP contribution in [-0.2, 0) is 4.79 Å². The number of hydrogen-bond donors (Lipinski definition) is 2. The largest absolute Gasteiger partial charge is 0.355 e. The molecule has 0 fully saturated rings. The summed E-state index contributed by atoms with van der Waals surface area (Å²) in [5.74, 6) is 1.17. The van der Waals surface area contributed by atoms with Crippen LogP contribution in [-0.4, -0.2) is 48.9 Å². The number of carbonyl (C=O) groups is 1. The molecule has 2 heterocycles. The van der Waals surface area contributed by atoms with E-state index in [2.05, 4.69) is 46.3 Å². The number of rotatable bonds is 6. The number of benzene rings is 1. The summed E-state index contributed by atoms with van der Waals surface area (Å²) in [5, 5.41) is 12.8. The van der Waals surface area contributed by atoms with Crippen LogP contribution < -0.4 is 5.32 Å². The minimum absolute atomic E-state index is 0.0140. The van der Waals surface area contributed by atoms with Gasteiger partial charge >= 0.3 is 0 Å². The molecule has 6 nitrogen and oxygen atoms in total. The van der Waals surface area contributed by atoms with Crippen molar-refractivity contribution in [2.75, 3.05) is 18.1 Å². The highest BCUT2D eigenvalue weighted by atomic mass is 32.2. The second-order valence-electron chi connectivity index (χ2n) is 6.56. The van der Waals surface area contributed by atoms with Gasteiger partial charge in [-0.25, -0.2) is 4.98 Å². The monoisotopic (exact) mass is 375 g/mol. The van der Waals surface area contributed by atoms with Gasteiger partial charge in [0.15, 0.2) is 5.65 Å². The van der Waals surface area contributed by atoms with Crippen LogP contribution >= 0.6 is 23.5 Å². The number of nitrogens with one attached hydrogen (secondary N) is 2. The molecule has 0 atom stereocenters. The van der Waals surface area contributed by atoms with E-state index in [4.69, 9.17) is 0 Å². The Morgan fingerprint density at radius 2 is 2.04 bits per heavy atom. The molecule has 0 aliphatic rings. The van der Waals surface area contributed by atoms with Crippen molar-refractivity contribution in [2.45, 2.75) is 30.7 Å². The summed E-state index contributed by atoms with van der Waals surface area (Å²) >= 11 is 3.13. The van der Waals surface area contributed by atoms with Gasteiger partial charge in [0.25, 0.3) is 0 Å². The molecule has 2 N–H and O–H groups in total. The molecule has 0 bridgehead atoms. The molecule has 0 aliphatic heterocycles. The third-order valence-corrected chi connectivity index (χ3v) is 5.51. The lowest BCUT2D eigenvalue weighted by atomic mass is 10.2. The summed E-state index contributed by atoms with van der Waals surface area (Å²) in [7, 11) is 0. The number of H-pyrrole nitrogens is 1. The molecule has 8 heteroatoms. The van der Waals surface area contributed by atoms with Crippen molar-refractivity contribution in [1.82, 2.24) is 25.5 Å². The second-order valence-corrected chi connectivity index (χ2v) is 9.43. The fourth-order valence-electron chi connectivity index (χ4n) is 2.30. The molecular formula is C17H21N5OS2. The van der Waals surface area contributed by atoms with Crippen LogP contribution in [0.5, 0.6) is 0 Å². The van der Waals surface area contributed by atoms with E-state index in [1.807, 2.05) is 36.0 Å². The lowest BCUT2D eigenvalue weighted by Crippen LogP contribution is -2.28. The standard InChI is InChI=1S/C17H21N5OS2/c1-17(2,3)25-9-8-18-13(23)10-24-16-20-15-14(21-22-16)11-6-4-5-7-12(11)19-15/h4-7H,8-10H2,1-3H3,(H,18,23)(H,19,20,22). The Balaban J connectivity index is 1.54. The molecule has 0 saturated heterocycles. The van der Waals surface area contributed by atoms with Crippen LogP contribution in [0.4, 0.5) is 0 Å². The van der Waals surface area contributed by atoms with Gasteiger partial charge < -0.3 is 10.3 Å². The molecule has 3 aromatic rings. The van der Waals surface area contributed by atoms with Gasteiger partial charge in [0.2, 0.25) is 11.1 Å². The van der Waals surface area contributed by atoms with E-state index < -0.39 is 0 Å². The van der Waals surface area contributed by atoms with Crippen molar-refractivity contribution in [3.8, 4) is 0 Å². The predicted octanol–water partition coefficient (Wildman–Crippen LogP) is 3.25. The van der Waals surface area contributed by atoms with Crippen LogP contribution in [0.2, 0.25) is 0 Å². The van der Waals surface area contributed by atoms with Crippen LogP contribution in [0.15, 0.2) is 29.4 Å². The molecule has 0 aliphatic carbocycles. The minimum Gasteiger partial charge on any atom is -0.355 e. The van der Waals surface area contributed by atoms with Gasteiger partial charge in [-0.05, 0) is 6.07 Å². The molecule has 132 valence electrons. The maximum Gasteiger partial charge on any atom is 0.230 e. The van der Waals surface area contributed by atoms with E-state index in [1.165, 1.54) is 11.8 Å². The number of aromatic nitrogens is 4. The zero-order chi connectivity index (χ0) is 17.9. The molecule has 0 spiro atoms. The fraction of sp³-hybridized carbons (Fsp3) is 0.412. The molecule has 2 aromatic heterocycles. The number of thioether (sulfide) groups is 2. The van der Waals surface area contributed by atoms with Crippen LogP contribution in [0.25, 0.3) is 22.1 Å². The number of para-hydroxylation sites is 1. The smallest absolute Gasteiger partial charge is 0.230 e. The lowest BCUT2D eigenvalue weighted by molar-refractivity contribution is -0.118. The maximum absolute atomic E-state index is 11.9. The summed E-state index contributed by atoms with van der Waals surface area (Å²) in [5.41, 5.74) is 2.43. The van der Waals surface area contributed by atoms with Crippen molar-refractivity contribution in [3.05, 3.63) is 24.3 Å². The van der Waals surface area contributed by atoms with E-state index in [0.717, 1.165) is 22.2 Å². The van der Waals surface area contributed by atoms with E-state index in [9.17, 15) is 4.79 Å². The van der Waals surface area contributed by atoms with Crippen LogP contribution in [0.1, 0.15) is 20.8 Å². The summed E-state index contributed by atoms with van der Waals surface area (Å²) in [6, 6.07) is 7.89. The third kappa shape index (κ3) is 4.85. The first-order chi connectivity index (χ1) is 11.9. The van der Waals surface area contributed by atoms with Gasteiger partial charge in [0.1, 0.15) is 5.52 Å². The van der Waals surface area contributed by atoms with Gasteiger partial charge in [0, 0.05) is 27.9 Å². The highest BCUT2D eigenvalue weighted by Gasteiger charge is 2.12. The molecule has 3 rings (SSSR count). The van der Waals surface area contributed by atoms with E-state index in [0.29, 0.717) is 17.3 Å². The summed E-state index contributed by atoms with van der Waals surface area (Å²) in [6.45, 7) is 7.17. The van der Waals surface area contributed by atoms with Crippen molar-refractivity contribution >= 4 is 51.5 Å². The van der Waals surface area contributed by atoms with Gasteiger partial charge in [-0.2, -0.15) is 11.8 Å². The van der Waals surface area contributed by atoms with Crippen molar-refractivity contribution in [3.63, 3.8) is 0 Å². The molecule has 1 amide bonds. The summed E-state index contributed by atoms with van der Waals surface area (Å²) < 4.78 is 0.216. The number of hydrogen-bond acceptors (Lipinski definition) is 6. The SMILES string of the molecule is CC(C)(C)SCCNC(=O)CSc1nnc2c(n1)[nH]c1ccccc12. The number of carbonyl (C=O) groups excluding carboxylic acids is 1. The minimum atomic E-state index is -0.0140. The highest BCUT2D eigenvalue weighted by Crippen LogP contribution is 2.23. The Morgan fingerprint density at radius 3 is 2.84 bits per heavy atom. The lowest BCUT2D eigenvalue weighted by Gasteiger charge is -2.17. The Labute approximate surface area is 155 Å². The molecule has 1 aromatic carbocycles. The normalized spacial score (nSPS) is 12.0. The third-order valence-electron chi connectivity index (χ3n) is 3.39. The predicted molar refractivity (Wildman–Crippen MR) is 105 cm³/mol. The Kier molecular flexibility index (Phi) is 5.48. The molecule has 25 heavy (non-hydrogen) atoms. The van der Waals surface area contributed by atoms with E-state index in [-0.39, 0.29) is 16.4 Å². The quantitative estimate of drug-likeness (QED) is 0.508. The van der Waals surface area contributed by atoms with Crippen LogP contribution in [0, 0.1) is 0 Å². The molecular weight excluding hydrogens is 354 g/mol. The van der Waals surface area contributed by atoms with Gasteiger partial charge in [0.05, 0.1) is 5.75 Å². The Hall–Kier alpha value is -1.80. The molecule has 0 saturated carbocycles. The Bertz CT molecular complexity index is 888. The van der Waals surface area contributed by atoms with Crippen molar-refractivity contribution in [2.24, 2.45) is 0 Å². The van der Waals surface area contributed by atoms with Gasteiger partial charge in [-0.3, -0.25) is 4.79 Å². The van der Waals surface area contributed by atoms with Gasteiger partial charge in [-0.15, -0.1) is 10.2 Å². The number of aromatic amines is 1. The zero-order valence-electron chi connectivity index (χ0n) is 14.5. The zero-order valence-corrected chi connectivity index (χ0v) is 16.1. The average Bonchev–Trinajstić information content (AvgIpc) is 2.94. The van der Waals surface area contributed by atoms with Crippen molar-refractivity contribution in [1.29, 1.82) is 0 Å². The first-order valence-electron chi connectivity index (χ1n) is 8.07. The van der Waals surface area contributed by atoms with Crippen molar-refractivity contribution < 1.29 is 4.79 Å². The number of amides is 1. The summed E-state index contributed by atoms with van der Waals surface area (Å²) in [4.78, 5) is 19.6. The first-order valence-corrected chi connectivity index (χ1v) is 10.0.